The lowest BCUT2D eigenvalue weighted by Crippen LogP contribution is -2.09. The molecule has 19 heavy (non-hydrogen) atoms. The van der Waals surface area contributed by atoms with Crippen molar-refractivity contribution < 1.29 is 0 Å². The SMILES string of the molecule is CC(C)c1ccc(C(C)CN)cc1-c1ccccc1. The van der Waals surface area contributed by atoms with Crippen molar-refractivity contribution in [2.75, 3.05) is 6.54 Å². The van der Waals surface area contributed by atoms with Crippen LogP contribution in [0.2, 0.25) is 0 Å². The van der Waals surface area contributed by atoms with Crippen LogP contribution in [-0.4, -0.2) is 6.54 Å². The third kappa shape index (κ3) is 3.05. The summed E-state index contributed by atoms with van der Waals surface area (Å²) in [5.41, 5.74) is 11.1. The van der Waals surface area contributed by atoms with Gasteiger partial charge < -0.3 is 5.73 Å². The molecule has 1 nitrogen and oxygen atoms in total. The maximum atomic E-state index is 5.79. The first kappa shape index (κ1) is 13.8. The van der Waals surface area contributed by atoms with Gasteiger partial charge in [-0.15, -0.1) is 0 Å². The highest BCUT2D eigenvalue weighted by Crippen LogP contribution is 2.31. The Bertz CT molecular complexity index is 529. The molecule has 2 aromatic carbocycles. The van der Waals surface area contributed by atoms with E-state index < -0.39 is 0 Å². The molecule has 100 valence electrons. The number of rotatable bonds is 4. The summed E-state index contributed by atoms with van der Waals surface area (Å²) < 4.78 is 0. The van der Waals surface area contributed by atoms with Crippen LogP contribution in [0.3, 0.4) is 0 Å². The van der Waals surface area contributed by atoms with E-state index in [0.717, 1.165) is 0 Å². The maximum Gasteiger partial charge on any atom is -0.00109 e. The van der Waals surface area contributed by atoms with Crippen molar-refractivity contribution in [3.63, 3.8) is 0 Å². The molecule has 1 heteroatoms. The Hall–Kier alpha value is -1.60. The normalized spacial score (nSPS) is 12.7. The summed E-state index contributed by atoms with van der Waals surface area (Å²) in [5, 5.41) is 0. The van der Waals surface area contributed by atoms with E-state index in [1.54, 1.807) is 0 Å². The Kier molecular flexibility index (Phi) is 4.39. The molecule has 0 amide bonds. The zero-order valence-corrected chi connectivity index (χ0v) is 12.1. The summed E-state index contributed by atoms with van der Waals surface area (Å²) in [4.78, 5) is 0. The van der Waals surface area contributed by atoms with E-state index >= 15 is 0 Å². The Balaban J connectivity index is 2.54. The average Bonchev–Trinajstić information content (AvgIpc) is 2.46. The largest absolute Gasteiger partial charge is 0.330 e. The van der Waals surface area contributed by atoms with Gasteiger partial charge in [0, 0.05) is 0 Å². The summed E-state index contributed by atoms with van der Waals surface area (Å²) in [6.07, 6.45) is 0. The van der Waals surface area contributed by atoms with Gasteiger partial charge in [-0.25, -0.2) is 0 Å². The van der Waals surface area contributed by atoms with E-state index in [4.69, 9.17) is 5.73 Å². The fourth-order valence-electron chi connectivity index (χ4n) is 2.39. The standard InChI is InChI=1S/C18H23N/c1-13(2)17-10-9-16(14(3)12-19)11-18(17)15-7-5-4-6-8-15/h4-11,13-14H,12,19H2,1-3H3. The molecule has 2 N–H and O–H groups in total. The van der Waals surface area contributed by atoms with Gasteiger partial charge in [-0.1, -0.05) is 69.3 Å². The van der Waals surface area contributed by atoms with E-state index in [1.807, 2.05) is 0 Å². The van der Waals surface area contributed by atoms with Crippen LogP contribution in [-0.2, 0) is 0 Å². The van der Waals surface area contributed by atoms with Crippen LogP contribution in [0.1, 0.15) is 43.7 Å². The minimum absolute atomic E-state index is 0.406. The lowest BCUT2D eigenvalue weighted by molar-refractivity contribution is 0.772. The molecule has 0 aliphatic heterocycles. The van der Waals surface area contributed by atoms with Crippen molar-refractivity contribution in [3.05, 3.63) is 59.7 Å². The second kappa shape index (κ2) is 6.03. The number of nitrogens with two attached hydrogens (primary N) is 1. The third-order valence-electron chi connectivity index (χ3n) is 3.71. The first-order chi connectivity index (χ1) is 9.13. The monoisotopic (exact) mass is 253 g/mol. The second-order valence-electron chi connectivity index (χ2n) is 5.50. The smallest absolute Gasteiger partial charge is 0.00109 e. The molecule has 0 heterocycles. The predicted molar refractivity (Wildman–Crippen MR) is 83.4 cm³/mol. The van der Waals surface area contributed by atoms with Crippen LogP contribution in [0.4, 0.5) is 0 Å². The first-order valence-electron chi connectivity index (χ1n) is 7.02. The Morgan fingerprint density at radius 3 is 2.21 bits per heavy atom. The lowest BCUT2D eigenvalue weighted by atomic mass is 9.88. The highest BCUT2D eigenvalue weighted by atomic mass is 14.5. The van der Waals surface area contributed by atoms with Gasteiger partial charge in [0.25, 0.3) is 0 Å². The molecule has 0 spiro atoms. The summed E-state index contributed by atoms with van der Waals surface area (Å²) in [6.45, 7) is 7.36. The number of benzene rings is 2. The molecule has 0 bridgehead atoms. The number of hydrogen-bond donors (Lipinski definition) is 1. The lowest BCUT2D eigenvalue weighted by Gasteiger charge is -2.17. The van der Waals surface area contributed by atoms with Gasteiger partial charge in [0.05, 0.1) is 0 Å². The molecule has 1 unspecified atom stereocenters. The van der Waals surface area contributed by atoms with Crippen LogP contribution in [0.15, 0.2) is 48.5 Å². The van der Waals surface area contributed by atoms with Crippen LogP contribution in [0.5, 0.6) is 0 Å². The van der Waals surface area contributed by atoms with E-state index in [0.29, 0.717) is 18.4 Å². The van der Waals surface area contributed by atoms with Crippen molar-refractivity contribution in [1.82, 2.24) is 0 Å². The van der Waals surface area contributed by atoms with E-state index in [9.17, 15) is 0 Å². The topological polar surface area (TPSA) is 26.0 Å². The summed E-state index contributed by atoms with van der Waals surface area (Å²) >= 11 is 0. The molecule has 0 saturated carbocycles. The zero-order chi connectivity index (χ0) is 13.8. The number of hydrogen-bond acceptors (Lipinski definition) is 1. The third-order valence-corrected chi connectivity index (χ3v) is 3.71. The van der Waals surface area contributed by atoms with Crippen LogP contribution >= 0.6 is 0 Å². The van der Waals surface area contributed by atoms with Gasteiger partial charge in [-0.05, 0) is 40.6 Å². The highest BCUT2D eigenvalue weighted by molar-refractivity contribution is 5.69. The van der Waals surface area contributed by atoms with Gasteiger partial charge in [-0.3, -0.25) is 0 Å². The van der Waals surface area contributed by atoms with Crippen molar-refractivity contribution in [1.29, 1.82) is 0 Å². The molecule has 2 rings (SSSR count). The van der Waals surface area contributed by atoms with Crippen LogP contribution in [0, 0.1) is 0 Å². The van der Waals surface area contributed by atoms with Crippen molar-refractivity contribution in [3.8, 4) is 11.1 Å². The molecule has 0 saturated heterocycles. The zero-order valence-electron chi connectivity index (χ0n) is 12.1. The molecule has 0 fully saturated rings. The highest BCUT2D eigenvalue weighted by Gasteiger charge is 2.11. The summed E-state index contributed by atoms with van der Waals surface area (Å²) in [5.74, 6) is 0.932. The molecule has 2 aromatic rings. The van der Waals surface area contributed by atoms with Gasteiger partial charge >= 0.3 is 0 Å². The quantitative estimate of drug-likeness (QED) is 0.850. The molecular weight excluding hydrogens is 230 g/mol. The van der Waals surface area contributed by atoms with Crippen LogP contribution < -0.4 is 5.73 Å². The van der Waals surface area contributed by atoms with Crippen molar-refractivity contribution in [2.24, 2.45) is 5.73 Å². The van der Waals surface area contributed by atoms with Crippen molar-refractivity contribution >= 4 is 0 Å². The van der Waals surface area contributed by atoms with E-state index in [2.05, 4.69) is 69.3 Å². The molecule has 0 aliphatic rings. The first-order valence-corrected chi connectivity index (χ1v) is 7.02. The molecule has 0 aliphatic carbocycles. The van der Waals surface area contributed by atoms with E-state index in [-0.39, 0.29) is 0 Å². The minimum atomic E-state index is 0.406. The molecule has 1 atom stereocenters. The summed E-state index contributed by atoms with van der Waals surface area (Å²) in [7, 11) is 0. The second-order valence-corrected chi connectivity index (χ2v) is 5.50. The van der Waals surface area contributed by atoms with Gasteiger partial charge in [0.1, 0.15) is 0 Å². The molecule has 0 radical (unpaired) electrons. The Labute approximate surface area is 116 Å². The fraction of sp³-hybridized carbons (Fsp3) is 0.333. The minimum Gasteiger partial charge on any atom is -0.330 e. The Morgan fingerprint density at radius 1 is 0.947 bits per heavy atom. The Morgan fingerprint density at radius 2 is 1.63 bits per heavy atom. The van der Waals surface area contributed by atoms with E-state index in [1.165, 1.54) is 22.3 Å². The maximum absolute atomic E-state index is 5.79. The fourth-order valence-corrected chi connectivity index (χ4v) is 2.39. The van der Waals surface area contributed by atoms with Gasteiger partial charge in [0.2, 0.25) is 0 Å². The predicted octanol–water partition coefficient (Wildman–Crippen LogP) is 4.54. The summed E-state index contributed by atoms with van der Waals surface area (Å²) in [6, 6.07) is 17.4. The van der Waals surface area contributed by atoms with Gasteiger partial charge in [-0.2, -0.15) is 0 Å². The molecular formula is C18H23N. The van der Waals surface area contributed by atoms with Crippen LogP contribution in [0.25, 0.3) is 11.1 Å². The average molecular weight is 253 g/mol. The van der Waals surface area contributed by atoms with Crippen molar-refractivity contribution in [2.45, 2.75) is 32.6 Å². The van der Waals surface area contributed by atoms with Gasteiger partial charge in [0.15, 0.2) is 0 Å². The molecule has 0 aromatic heterocycles.